The summed E-state index contributed by atoms with van der Waals surface area (Å²) in [6, 6.07) is 7.33. The molecule has 0 spiro atoms. The van der Waals surface area contributed by atoms with Crippen LogP contribution in [0.2, 0.25) is 0 Å². The van der Waals surface area contributed by atoms with E-state index < -0.39 is 0 Å². The van der Waals surface area contributed by atoms with Crippen molar-refractivity contribution in [2.75, 3.05) is 0 Å². The summed E-state index contributed by atoms with van der Waals surface area (Å²) in [5, 5.41) is 0. The third-order valence-corrected chi connectivity index (χ3v) is 2.44. The molecule has 2 heterocycles. The molecule has 3 heteroatoms. The molecule has 2 rings (SSSR count). The predicted octanol–water partition coefficient (Wildman–Crippen LogP) is 1.96. The topological polar surface area (TPSA) is 34.4 Å². The Balaban J connectivity index is 2.73. The van der Waals surface area contributed by atoms with E-state index in [1.54, 1.807) is 10.5 Å². The number of aromatic nitrogens is 2. The van der Waals surface area contributed by atoms with Crippen LogP contribution in [0.4, 0.5) is 0 Å². The fourth-order valence-electron chi connectivity index (χ4n) is 1.75. The van der Waals surface area contributed by atoms with Crippen LogP contribution in [0.1, 0.15) is 24.7 Å². The van der Waals surface area contributed by atoms with Gasteiger partial charge in [-0.25, -0.2) is 4.98 Å². The second-order valence-electron chi connectivity index (χ2n) is 3.70. The maximum atomic E-state index is 11.8. The lowest BCUT2D eigenvalue weighted by molar-refractivity contribution is 0.862. The first-order valence-corrected chi connectivity index (χ1v) is 5.20. The third-order valence-electron chi connectivity index (χ3n) is 2.44. The van der Waals surface area contributed by atoms with Crippen LogP contribution in [0.15, 0.2) is 29.1 Å². The molecule has 0 aliphatic rings. The van der Waals surface area contributed by atoms with Crippen LogP contribution >= 0.6 is 0 Å². The Morgan fingerprint density at radius 3 is 2.93 bits per heavy atom. The van der Waals surface area contributed by atoms with E-state index in [0.717, 1.165) is 29.9 Å². The first-order chi connectivity index (χ1) is 7.22. The normalized spacial score (nSPS) is 10.8. The highest BCUT2D eigenvalue weighted by Gasteiger charge is 2.02. The monoisotopic (exact) mass is 202 g/mol. The predicted molar refractivity (Wildman–Crippen MR) is 60.2 cm³/mol. The van der Waals surface area contributed by atoms with Gasteiger partial charge in [0, 0.05) is 17.5 Å². The molecule has 0 saturated carbocycles. The van der Waals surface area contributed by atoms with Gasteiger partial charge in [0.1, 0.15) is 5.65 Å². The van der Waals surface area contributed by atoms with Crippen molar-refractivity contribution in [3.8, 4) is 0 Å². The molecule has 3 nitrogen and oxygen atoms in total. The van der Waals surface area contributed by atoms with Gasteiger partial charge in [-0.05, 0) is 25.5 Å². The van der Waals surface area contributed by atoms with E-state index in [4.69, 9.17) is 0 Å². The second-order valence-corrected chi connectivity index (χ2v) is 3.70. The molecule has 0 fully saturated rings. The van der Waals surface area contributed by atoms with Crippen molar-refractivity contribution in [1.82, 2.24) is 9.38 Å². The summed E-state index contributed by atoms with van der Waals surface area (Å²) < 4.78 is 1.64. The minimum Gasteiger partial charge on any atom is -0.269 e. The summed E-state index contributed by atoms with van der Waals surface area (Å²) in [5.74, 6) is 0. The van der Waals surface area contributed by atoms with E-state index >= 15 is 0 Å². The molecule has 0 atom stereocenters. The molecule has 0 radical (unpaired) electrons. The second kappa shape index (κ2) is 3.85. The van der Waals surface area contributed by atoms with Crippen molar-refractivity contribution in [1.29, 1.82) is 0 Å². The van der Waals surface area contributed by atoms with E-state index in [1.807, 2.05) is 25.1 Å². The number of fused-ring (bicyclic) bond motifs is 1. The average molecular weight is 202 g/mol. The van der Waals surface area contributed by atoms with Crippen LogP contribution in [-0.4, -0.2) is 9.38 Å². The lowest BCUT2D eigenvalue weighted by Crippen LogP contribution is -2.17. The summed E-state index contributed by atoms with van der Waals surface area (Å²) in [6.07, 6.45) is 1.87. The number of aryl methyl sites for hydroxylation is 2. The van der Waals surface area contributed by atoms with E-state index in [2.05, 4.69) is 11.9 Å². The van der Waals surface area contributed by atoms with Gasteiger partial charge in [-0.1, -0.05) is 19.4 Å². The van der Waals surface area contributed by atoms with Crippen LogP contribution in [0, 0.1) is 6.92 Å². The van der Waals surface area contributed by atoms with Crippen molar-refractivity contribution in [2.24, 2.45) is 0 Å². The number of pyridine rings is 1. The van der Waals surface area contributed by atoms with Crippen molar-refractivity contribution < 1.29 is 0 Å². The number of hydrogen-bond acceptors (Lipinski definition) is 2. The van der Waals surface area contributed by atoms with E-state index in [0.29, 0.717) is 0 Å². The van der Waals surface area contributed by atoms with Gasteiger partial charge in [0.2, 0.25) is 0 Å². The van der Waals surface area contributed by atoms with Gasteiger partial charge in [0.05, 0.1) is 0 Å². The maximum absolute atomic E-state index is 11.8. The Labute approximate surface area is 88.4 Å². The van der Waals surface area contributed by atoms with E-state index in [1.165, 1.54) is 0 Å². The summed E-state index contributed by atoms with van der Waals surface area (Å²) in [5.41, 5.74) is 2.56. The minimum atomic E-state index is 0.0153. The standard InChI is InChI=1S/C12H14N2O/c1-3-5-10-8-12(15)14-9(2)6-4-7-11(14)13-10/h4,6-8H,3,5H2,1-2H3. The van der Waals surface area contributed by atoms with Gasteiger partial charge in [0.15, 0.2) is 0 Å². The minimum absolute atomic E-state index is 0.0153. The van der Waals surface area contributed by atoms with Crippen LogP contribution < -0.4 is 5.56 Å². The van der Waals surface area contributed by atoms with Crippen LogP contribution in [0.5, 0.6) is 0 Å². The zero-order valence-electron chi connectivity index (χ0n) is 9.03. The molecule has 0 saturated heterocycles. The third kappa shape index (κ3) is 1.77. The SMILES string of the molecule is CCCc1cc(=O)n2c(C)cccc2n1. The van der Waals surface area contributed by atoms with Gasteiger partial charge >= 0.3 is 0 Å². The van der Waals surface area contributed by atoms with Crippen molar-refractivity contribution >= 4 is 5.65 Å². The van der Waals surface area contributed by atoms with Crippen molar-refractivity contribution in [3.63, 3.8) is 0 Å². The molecular weight excluding hydrogens is 188 g/mol. The zero-order valence-corrected chi connectivity index (χ0v) is 9.03. The lowest BCUT2D eigenvalue weighted by atomic mass is 10.2. The van der Waals surface area contributed by atoms with Gasteiger partial charge in [-0.2, -0.15) is 0 Å². The Bertz CT molecular complexity index is 543. The molecule has 15 heavy (non-hydrogen) atoms. The molecule has 0 unspecified atom stereocenters. The summed E-state index contributed by atoms with van der Waals surface area (Å²) >= 11 is 0. The van der Waals surface area contributed by atoms with Crippen molar-refractivity contribution in [3.05, 3.63) is 46.0 Å². The van der Waals surface area contributed by atoms with Gasteiger partial charge < -0.3 is 0 Å². The first kappa shape index (κ1) is 9.90. The highest BCUT2D eigenvalue weighted by Crippen LogP contribution is 2.04. The highest BCUT2D eigenvalue weighted by molar-refractivity contribution is 5.40. The Morgan fingerprint density at radius 2 is 2.20 bits per heavy atom. The first-order valence-electron chi connectivity index (χ1n) is 5.20. The molecule has 0 bridgehead atoms. The highest BCUT2D eigenvalue weighted by atomic mass is 16.1. The summed E-state index contributed by atoms with van der Waals surface area (Å²) in [4.78, 5) is 16.3. The maximum Gasteiger partial charge on any atom is 0.258 e. The van der Waals surface area contributed by atoms with E-state index in [9.17, 15) is 4.79 Å². The molecule has 0 aliphatic heterocycles. The van der Waals surface area contributed by atoms with Crippen LogP contribution in [0.3, 0.4) is 0 Å². The molecule has 0 aromatic carbocycles. The number of hydrogen-bond donors (Lipinski definition) is 0. The Hall–Kier alpha value is -1.64. The molecule has 78 valence electrons. The molecule has 0 amide bonds. The summed E-state index contributed by atoms with van der Waals surface area (Å²) in [7, 11) is 0. The quantitative estimate of drug-likeness (QED) is 0.746. The molecular formula is C12H14N2O. The Kier molecular flexibility index (Phi) is 2.54. The lowest BCUT2D eigenvalue weighted by Gasteiger charge is -2.05. The van der Waals surface area contributed by atoms with Crippen LogP contribution in [-0.2, 0) is 6.42 Å². The van der Waals surface area contributed by atoms with Crippen LogP contribution in [0.25, 0.3) is 5.65 Å². The Morgan fingerprint density at radius 1 is 1.40 bits per heavy atom. The van der Waals surface area contributed by atoms with Crippen molar-refractivity contribution in [2.45, 2.75) is 26.7 Å². The van der Waals surface area contributed by atoms with Gasteiger partial charge in [-0.15, -0.1) is 0 Å². The number of nitrogens with zero attached hydrogens (tertiary/aromatic N) is 2. The van der Waals surface area contributed by atoms with Gasteiger partial charge in [-0.3, -0.25) is 9.20 Å². The zero-order chi connectivity index (χ0) is 10.8. The molecule has 0 N–H and O–H groups in total. The molecule has 2 aromatic rings. The molecule has 2 aromatic heterocycles. The molecule has 0 aliphatic carbocycles. The fraction of sp³-hybridized carbons (Fsp3) is 0.333. The largest absolute Gasteiger partial charge is 0.269 e. The average Bonchev–Trinajstić information content (AvgIpc) is 2.17. The summed E-state index contributed by atoms with van der Waals surface area (Å²) in [6.45, 7) is 4.00. The fourth-order valence-corrected chi connectivity index (χ4v) is 1.75. The van der Waals surface area contributed by atoms with E-state index in [-0.39, 0.29) is 5.56 Å². The smallest absolute Gasteiger partial charge is 0.258 e. The number of rotatable bonds is 2. The van der Waals surface area contributed by atoms with Gasteiger partial charge in [0.25, 0.3) is 5.56 Å².